The van der Waals surface area contributed by atoms with Crippen LogP contribution in [0.3, 0.4) is 0 Å². The Morgan fingerprint density at radius 1 is 1.42 bits per heavy atom. The summed E-state index contributed by atoms with van der Waals surface area (Å²) in [6.45, 7) is 0. The van der Waals surface area contributed by atoms with E-state index in [4.69, 9.17) is 0 Å². The summed E-state index contributed by atoms with van der Waals surface area (Å²) in [6, 6.07) is 2.75. The van der Waals surface area contributed by atoms with E-state index in [1.165, 1.54) is 0 Å². The quantitative estimate of drug-likeness (QED) is 0.555. The summed E-state index contributed by atoms with van der Waals surface area (Å²) in [5, 5.41) is 0. The van der Waals surface area contributed by atoms with Gasteiger partial charge in [0.15, 0.2) is 5.78 Å². The van der Waals surface area contributed by atoms with E-state index in [9.17, 15) is 13.6 Å². The third-order valence-electron chi connectivity index (χ3n) is 1.37. The van der Waals surface area contributed by atoms with Crippen molar-refractivity contribution in [3.8, 4) is 0 Å². The Hall–Kier alpha value is -0.900. The maximum absolute atomic E-state index is 12.8. The maximum atomic E-state index is 12.8. The van der Waals surface area contributed by atoms with Crippen LogP contribution in [-0.4, -0.2) is 11.5 Å². The van der Waals surface area contributed by atoms with Crippen LogP contribution in [0.5, 0.6) is 0 Å². The molecule has 0 aromatic heterocycles. The predicted molar refractivity (Wildman–Crippen MR) is 44.5 cm³/mol. The molecule has 0 saturated carbocycles. The summed E-state index contributed by atoms with van der Waals surface area (Å²) in [7, 11) is 0. The van der Waals surface area contributed by atoms with Crippen LogP contribution in [0.1, 0.15) is 10.4 Å². The first-order valence-electron chi connectivity index (χ1n) is 3.24. The summed E-state index contributed by atoms with van der Waals surface area (Å²) in [4.78, 5) is 10.9. The minimum Gasteiger partial charge on any atom is -0.293 e. The average molecular weight is 188 g/mol. The third-order valence-corrected chi connectivity index (χ3v) is 1.66. The third kappa shape index (κ3) is 1.82. The molecule has 0 unspecified atom stereocenters. The Balaban J connectivity index is 3.13. The Bertz CT molecular complexity index is 312. The number of halogens is 2. The minimum absolute atomic E-state index is 0.125. The molecule has 0 N–H and O–H groups in total. The van der Waals surface area contributed by atoms with Gasteiger partial charge in [-0.25, -0.2) is 8.78 Å². The van der Waals surface area contributed by atoms with E-state index in [1.54, 1.807) is 0 Å². The molecule has 1 rings (SSSR count). The van der Waals surface area contributed by atoms with E-state index in [0.29, 0.717) is 0 Å². The van der Waals surface area contributed by atoms with E-state index in [0.717, 1.165) is 18.2 Å². The molecule has 64 valence electrons. The van der Waals surface area contributed by atoms with Gasteiger partial charge in [-0.15, -0.1) is 0 Å². The molecule has 0 atom stereocenters. The highest BCUT2D eigenvalue weighted by molar-refractivity contribution is 7.81. The molecule has 0 saturated heterocycles. The zero-order chi connectivity index (χ0) is 9.14. The molecule has 1 nitrogen and oxygen atoms in total. The summed E-state index contributed by atoms with van der Waals surface area (Å²) < 4.78 is 25.3. The van der Waals surface area contributed by atoms with E-state index in [1.807, 2.05) is 0 Å². The van der Waals surface area contributed by atoms with E-state index in [2.05, 4.69) is 12.6 Å². The Morgan fingerprint density at radius 2 is 2.08 bits per heavy atom. The number of hydrogen-bond acceptors (Lipinski definition) is 2. The molecule has 0 radical (unpaired) electrons. The molecule has 12 heavy (non-hydrogen) atoms. The van der Waals surface area contributed by atoms with E-state index >= 15 is 0 Å². The molecule has 0 aliphatic heterocycles. The molecule has 4 heteroatoms. The van der Waals surface area contributed by atoms with Gasteiger partial charge in [0.25, 0.3) is 0 Å². The van der Waals surface area contributed by atoms with Crippen molar-refractivity contribution in [2.24, 2.45) is 0 Å². The molecule has 0 aliphatic carbocycles. The van der Waals surface area contributed by atoms with Crippen molar-refractivity contribution in [3.63, 3.8) is 0 Å². The first kappa shape index (κ1) is 9.19. The van der Waals surface area contributed by atoms with Gasteiger partial charge < -0.3 is 0 Å². The van der Waals surface area contributed by atoms with Gasteiger partial charge in [0, 0.05) is 0 Å². The smallest absolute Gasteiger partial charge is 0.175 e. The number of carbonyl (C=O) groups is 1. The molecule has 0 heterocycles. The fraction of sp³-hybridized carbons (Fsp3) is 0.125. The zero-order valence-electron chi connectivity index (χ0n) is 6.05. The molecule has 0 spiro atoms. The molecule has 0 bridgehead atoms. The summed E-state index contributed by atoms with van der Waals surface area (Å²) in [5.74, 6) is -1.98. The fourth-order valence-corrected chi connectivity index (χ4v) is 0.967. The number of Topliss-reactive ketones (excluding diaryl/α,β-unsaturated/α-hetero) is 1. The van der Waals surface area contributed by atoms with E-state index in [-0.39, 0.29) is 11.3 Å². The van der Waals surface area contributed by atoms with Gasteiger partial charge in [0.2, 0.25) is 0 Å². The predicted octanol–water partition coefficient (Wildman–Crippen LogP) is 2.08. The number of hydrogen-bond donors (Lipinski definition) is 1. The van der Waals surface area contributed by atoms with E-state index < -0.39 is 17.4 Å². The molecule has 0 fully saturated rings. The fourth-order valence-electron chi connectivity index (χ4n) is 0.796. The molecule has 0 amide bonds. The maximum Gasteiger partial charge on any atom is 0.175 e. The van der Waals surface area contributed by atoms with Gasteiger partial charge in [-0.05, 0) is 18.2 Å². The monoisotopic (exact) mass is 188 g/mol. The first-order chi connectivity index (χ1) is 5.65. The first-order valence-corrected chi connectivity index (χ1v) is 3.87. The van der Waals surface area contributed by atoms with Gasteiger partial charge in [0.1, 0.15) is 11.6 Å². The normalized spacial score (nSPS) is 9.92. The molecular formula is C8H6F2OS. The molecule has 1 aromatic rings. The SMILES string of the molecule is O=C(CS)c1cc(F)ccc1F. The lowest BCUT2D eigenvalue weighted by molar-refractivity contribution is 0.101. The molecule has 1 aromatic carbocycles. The summed E-state index contributed by atoms with van der Waals surface area (Å²) in [6.07, 6.45) is 0. The standard InChI is InChI=1S/C8H6F2OS/c9-5-1-2-7(10)6(3-5)8(11)4-12/h1-3,12H,4H2. The van der Waals surface area contributed by atoms with Crippen molar-refractivity contribution in [3.05, 3.63) is 35.4 Å². The zero-order valence-corrected chi connectivity index (χ0v) is 6.94. The van der Waals surface area contributed by atoms with Crippen molar-refractivity contribution in [1.29, 1.82) is 0 Å². The van der Waals surface area contributed by atoms with Gasteiger partial charge in [0.05, 0.1) is 11.3 Å². The van der Waals surface area contributed by atoms with Gasteiger partial charge in [-0.3, -0.25) is 4.79 Å². The van der Waals surface area contributed by atoms with Crippen LogP contribution in [0.2, 0.25) is 0 Å². The molecular weight excluding hydrogens is 182 g/mol. The van der Waals surface area contributed by atoms with Gasteiger partial charge in [-0.2, -0.15) is 12.6 Å². The lowest BCUT2D eigenvalue weighted by atomic mass is 10.1. The largest absolute Gasteiger partial charge is 0.293 e. The minimum atomic E-state index is -0.713. The second-order valence-electron chi connectivity index (χ2n) is 2.21. The van der Waals surface area contributed by atoms with Gasteiger partial charge in [-0.1, -0.05) is 0 Å². The highest BCUT2D eigenvalue weighted by Gasteiger charge is 2.10. The summed E-state index contributed by atoms with van der Waals surface area (Å²) in [5.41, 5.74) is -0.245. The highest BCUT2D eigenvalue weighted by atomic mass is 32.1. The van der Waals surface area contributed by atoms with Crippen LogP contribution in [-0.2, 0) is 0 Å². The van der Waals surface area contributed by atoms with Gasteiger partial charge >= 0.3 is 0 Å². The number of thiol groups is 1. The Morgan fingerprint density at radius 3 is 2.67 bits per heavy atom. The second-order valence-corrected chi connectivity index (χ2v) is 2.52. The van der Waals surface area contributed by atoms with Crippen molar-refractivity contribution in [2.75, 3.05) is 5.75 Å². The molecule has 0 aliphatic rings. The number of carbonyl (C=O) groups excluding carboxylic acids is 1. The second kappa shape index (κ2) is 3.67. The van der Waals surface area contributed by atoms with Crippen LogP contribution in [0.15, 0.2) is 18.2 Å². The topological polar surface area (TPSA) is 17.1 Å². The lowest BCUT2D eigenvalue weighted by Gasteiger charge is -1.98. The van der Waals surface area contributed by atoms with Crippen molar-refractivity contribution >= 4 is 18.4 Å². The number of ketones is 1. The van der Waals surface area contributed by atoms with Crippen LogP contribution >= 0.6 is 12.6 Å². The highest BCUT2D eigenvalue weighted by Crippen LogP contribution is 2.10. The van der Waals surface area contributed by atoms with Crippen LogP contribution in [0.25, 0.3) is 0 Å². The van der Waals surface area contributed by atoms with Crippen LogP contribution in [0.4, 0.5) is 8.78 Å². The Kier molecular flexibility index (Phi) is 2.81. The number of benzene rings is 1. The van der Waals surface area contributed by atoms with Crippen molar-refractivity contribution < 1.29 is 13.6 Å². The van der Waals surface area contributed by atoms with Crippen molar-refractivity contribution in [1.82, 2.24) is 0 Å². The lowest BCUT2D eigenvalue weighted by Crippen LogP contribution is -2.04. The number of rotatable bonds is 2. The van der Waals surface area contributed by atoms with Crippen molar-refractivity contribution in [2.45, 2.75) is 0 Å². The van der Waals surface area contributed by atoms with Crippen LogP contribution < -0.4 is 0 Å². The average Bonchev–Trinajstić information content (AvgIpc) is 2.08. The Labute approximate surface area is 73.8 Å². The van der Waals surface area contributed by atoms with Crippen LogP contribution in [0, 0.1) is 11.6 Å². The summed E-state index contributed by atoms with van der Waals surface area (Å²) >= 11 is 3.67.